The Hall–Kier alpha value is -3.41. The quantitative estimate of drug-likeness (QED) is 0.791. The number of hydrogen-bond donors (Lipinski definition) is 2. The zero-order chi connectivity index (χ0) is 20.6. The number of nitrogens with two attached hydrogens (primary N) is 1. The molecule has 1 spiro atoms. The minimum absolute atomic E-state index is 0.0502. The van der Waals surface area contributed by atoms with Crippen molar-refractivity contribution in [1.82, 2.24) is 4.90 Å². The van der Waals surface area contributed by atoms with E-state index in [0.29, 0.717) is 37.2 Å². The van der Waals surface area contributed by atoms with Crippen LogP contribution < -0.4 is 11.1 Å². The molecule has 2 aromatic rings. The van der Waals surface area contributed by atoms with Gasteiger partial charge in [-0.1, -0.05) is 30.3 Å². The molecule has 0 saturated carbocycles. The third kappa shape index (κ3) is 3.31. The molecular formula is C23H23N3O3. The van der Waals surface area contributed by atoms with Gasteiger partial charge in [-0.15, -0.1) is 0 Å². The smallest absolute Gasteiger partial charge is 0.248 e. The Kier molecular flexibility index (Phi) is 4.70. The summed E-state index contributed by atoms with van der Waals surface area (Å²) in [4.78, 5) is 38.6. The molecule has 3 N–H and O–H groups in total. The van der Waals surface area contributed by atoms with Crippen molar-refractivity contribution in [3.8, 4) is 0 Å². The van der Waals surface area contributed by atoms with Crippen molar-refractivity contribution >= 4 is 29.5 Å². The van der Waals surface area contributed by atoms with Crippen molar-refractivity contribution in [2.75, 3.05) is 18.4 Å². The van der Waals surface area contributed by atoms with Crippen molar-refractivity contribution in [2.45, 2.75) is 25.2 Å². The highest BCUT2D eigenvalue weighted by molar-refractivity contribution is 6.08. The number of aryl methyl sites for hydroxylation is 1. The summed E-state index contributed by atoms with van der Waals surface area (Å²) in [6.45, 7) is 3.01. The first-order valence-electron chi connectivity index (χ1n) is 9.69. The van der Waals surface area contributed by atoms with E-state index >= 15 is 0 Å². The van der Waals surface area contributed by atoms with Crippen LogP contribution in [0.3, 0.4) is 0 Å². The van der Waals surface area contributed by atoms with E-state index in [1.165, 1.54) is 0 Å². The minimum Gasteiger partial charge on any atom is -0.366 e. The highest BCUT2D eigenvalue weighted by atomic mass is 16.2. The molecule has 2 aliphatic heterocycles. The highest BCUT2D eigenvalue weighted by Crippen LogP contribution is 2.45. The summed E-state index contributed by atoms with van der Waals surface area (Å²) in [6.07, 6.45) is 4.53. The fourth-order valence-corrected chi connectivity index (χ4v) is 4.23. The van der Waals surface area contributed by atoms with E-state index in [4.69, 9.17) is 5.73 Å². The zero-order valence-corrected chi connectivity index (χ0v) is 16.3. The van der Waals surface area contributed by atoms with Crippen molar-refractivity contribution < 1.29 is 14.4 Å². The number of nitrogens with one attached hydrogen (secondary N) is 1. The number of anilines is 1. The number of rotatable bonds is 3. The fraction of sp³-hybridized carbons (Fsp3) is 0.261. The Morgan fingerprint density at radius 2 is 1.86 bits per heavy atom. The first-order valence-corrected chi connectivity index (χ1v) is 9.69. The second-order valence-corrected chi connectivity index (χ2v) is 7.68. The zero-order valence-electron chi connectivity index (χ0n) is 16.3. The highest BCUT2D eigenvalue weighted by Gasteiger charge is 2.48. The van der Waals surface area contributed by atoms with Gasteiger partial charge in [-0.2, -0.15) is 0 Å². The first-order chi connectivity index (χ1) is 13.9. The summed E-state index contributed by atoms with van der Waals surface area (Å²) in [6, 6.07) is 13.0. The molecule has 2 aliphatic rings. The Bertz CT molecular complexity index is 1030. The number of benzene rings is 2. The lowest BCUT2D eigenvalue weighted by atomic mass is 9.73. The number of primary amides is 1. The summed E-state index contributed by atoms with van der Waals surface area (Å²) in [5.74, 6) is -0.647. The monoisotopic (exact) mass is 389 g/mol. The van der Waals surface area contributed by atoms with E-state index in [-0.39, 0.29) is 11.8 Å². The maximum absolute atomic E-state index is 12.8. The summed E-state index contributed by atoms with van der Waals surface area (Å²) in [5.41, 5.74) is 8.72. The SMILES string of the molecule is Cc1ccccc1/C=C/C(=O)N1CCC2(CC1)C(=O)Nc1cc(C(N)=O)ccc12. The van der Waals surface area contributed by atoms with Gasteiger partial charge in [0.15, 0.2) is 0 Å². The molecule has 0 aliphatic carbocycles. The molecule has 2 aromatic carbocycles. The first kappa shape index (κ1) is 18.9. The molecular weight excluding hydrogens is 366 g/mol. The molecule has 0 radical (unpaired) electrons. The molecule has 4 rings (SSSR count). The van der Waals surface area contributed by atoms with Crippen LogP contribution in [0.15, 0.2) is 48.5 Å². The van der Waals surface area contributed by atoms with E-state index in [1.54, 1.807) is 23.1 Å². The molecule has 0 atom stereocenters. The van der Waals surface area contributed by atoms with Crippen LogP contribution in [0.5, 0.6) is 0 Å². The van der Waals surface area contributed by atoms with Gasteiger partial charge >= 0.3 is 0 Å². The Morgan fingerprint density at radius 1 is 1.14 bits per heavy atom. The predicted molar refractivity (Wildman–Crippen MR) is 111 cm³/mol. The molecule has 29 heavy (non-hydrogen) atoms. The molecule has 6 heteroatoms. The lowest BCUT2D eigenvalue weighted by Crippen LogP contribution is -2.47. The van der Waals surface area contributed by atoms with Crippen molar-refractivity contribution in [2.24, 2.45) is 5.73 Å². The number of amides is 3. The van der Waals surface area contributed by atoms with Crippen LogP contribution in [0.25, 0.3) is 6.08 Å². The van der Waals surface area contributed by atoms with Crippen LogP contribution in [0.1, 0.15) is 39.9 Å². The number of piperidine rings is 1. The average molecular weight is 389 g/mol. The second kappa shape index (κ2) is 7.20. The fourth-order valence-electron chi connectivity index (χ4n) is 4.23. The van der Waals surface area contributed by atoms with Gasteiger partial charge in [0.05, 0.1) is 5.41 Å². The van der Waals surface area contributed by atoms with Crippen LogP contribution in [-0.2, 0) is 15.0 Å². The molecule has 0 bridgehead atoms. The molecule has 2 heterocycles. The maximum Gasteiger partial charge on any atom is 0.248 e. The van der Waals surface area contributed by atoms with Crippen molar-refractivity contribution in [3.05, 3.63) is 70.8 Å². The van der Waals surface area contributed by atoms with Crippen LogP contribution in [-0.4, -0.2) is 35.7 Å². The number of carbonyl (C=O) groups is 3. The molecule has 3 amide bonds. The average Bonchev–Trinajstić information content (AvgIpc) is 2.98. The van der Waals surface area contributed by atoms with E-state index in [0.717, 1.165) is 16.7 Å². The number of nitrogens with zero attached hydrogens (tertiary/aromatic N) is 1. The van der Waals surface area contributed by atoms with Gasteiger partial charge in [0.25, 0.3) is 0 Å². The second-order valence-electron chi connectivity index (χ2n) is 7.68. The standard InChI is InChI=1S/C23H23N3O3/c1-15-4-2-3-5-16(15)7-9-20(27)26-12-10-23(11-13-26)18-8-6-17(21(24)28)14-19(18)25-22(23)29/h2-9,14H,10-13H2,1H3,(H2,24,28)(H,25,29)/b9-7+. The molecule has 0 unspecified atom stereocenters. The number of carbonyl (C=O) groups excluding carboxylic acids is 3. The van der Waals surface area contributed by atoms with E-state index in [1.807, 2.05) is 43.3 Å². The molecule has 6 nitrogen and oxygen atoms in total. The summed E-state index contributed by atoms with van der Waals surface area (Å²) in [7, 11) is 0. The normalized spacial score (nSPS) is 17.4. The summed E-state index contributed by atoms with van der Waals surface area (Å²) in [5, 5.41) is 2.89. The van der Waals surface area contributed by atoms with Gasteiger partial charge < -0.3 is 16.0 Å². The minimum atomic E-state index is -0.651. The summed E-state index contributed by atoms with van der Waals surface area (Å²) < 4.78 is 0. The van der Waals surface area contributed by atoms with Gasteiger partial charge in [-0.3, -0.25) is 14.4 Å². The Labute approximate surface area is 169 Å². The van der Waals surface area contributed by atoms with E-state index < -0.39 is 11.3 Å². The van der Waals surface area contributed by atoms with Crippen LogP contribution in [0.2, 0.25) is 0 Å². The largest absolute Gasteiger partial charge is 0.366 e. The summed E-state index contributed by atoms with van der Waals surface area (Å²) >= 11 is 0. The molecule has 1 fully saturated rings. The Morgan fingerprint density at radius 3 is 2.55 bits per heavy atom. The van der Waals surface area contributed by atoms with Crippen molar-refractivity contribution in [1.29, 1.82) is 0 Å². The van der Waals surface area contributed by atoms with E-state index in [9.17, 15) is 14.4 Å². The van der Waals surface area contributed by atoms with Crippen LogP contribution in [0.4, 0.5) is 5.69 Å². The topological polar surface area (TPSA) is 92.5 Å². The third-order valence-corrected chi connectivity index (χ3v) is 6.03. The maximum atomic E-state index is 12.8. The predicted octanol–water partition coefficient (Wildman–Crippen LogP) is 2.62. The van der Waals surface area contributed by atoms with Gasteiger partial charge in [-0.05, 0) is 54.7 Å². The van der Waals surface area contributed by atoms with Crippen LogP contribution in [0, 0.1) is 6.92 Å². The van der Waals surface area contributed by atoms with Gasteiger partial charge in [-0.25, -0.2) is 0 Å². The third-order valence-electron chi connectivity index (χ3n) is 6.03. The lowest BCUT2D eigenvalue weighted by Gasteiger charge is -2.37. The molecule has 0 aromatic heterocycles. The number of hydrogen-bond acceptors (Lipinski definition) is 3. The molecule has 1 saturated heterocycles. The van der Waals surface area contributed by atoms with Gasteiger partial charge in [0, 0.05) is 30.4 Å². The van der Waals surface area contributed by atoms with Gasteiger partial charge in [0.1, 0.15) is 0 Å². The van der Waals surface area contributed by atoms with Gasteiger partial charge in [0.2, 0.25) is 17.7 Å². The number of likely N-dealkylation sites (tertiary alicyclic amines) is 1. The molecule has 148 valence electrons. The lowest BCUT2D eigenvalue weighted by molar-refractivity contribution is -0.131. The van der Waals surface area contributed by atoms with E-state index in [2.05, 4.69) is 5.32 Å². The van der Waals surface area contributed by atoms with Crippen molar-refractivity contribution in [3.63, 3.8) is 0 Å². The van der Waals surface area contributed by atoms with Crippen LogP contribution >= 0.6 is 0 Å². The number of fused-ring (bicyclic) bond motifs is 2. The Balaban J connectivity index is 1.48.